The minimum Gasteiger partial charge on any atom is -0.496 e. The molecule has 1 heterocycles. The van der Waals surface area contributed by atoms with E-state index < -0.39 is 0 Å². The van der Waals surface area contributed by atoms with Crippen LogP contribution in [-0.4, -0.2) is 24.4 Å². The molecule has 2 saturated carbocycles. The quantitative estimate of drug-likeness (QED) is 0.816. The molecular weight excluding hydrogens is 324 g/mol. The molecule has 0 aromatic heterocycles. The van der Waals surface area contributed by atoms with Gasteiger partial charge in [0.05, 0.1) is 7.11 Å². The van der Waals surface area contributed by atoms with Crippen LogP contribution in [-0.2, 0) is 6.42 Å². The van der Waals surface area contributed by atoms with Crippen molar-refractivity contribution in [3.8, 4) is 11.5 Å². The average Bonchev–Trinajstić information content (AvgIpc) is 2.58. The molecule has 4 atom stereocenters. The van der Waals surface area contributed by atoms with Crippen molar-refractivity contribution in [3.05, 3.63) is 23.3 Å². The molecule has 3 nitrogen and oxygen atoms in total. The molecule has 3 heteroatoms. The zero-order chi connectivity index (χ0) is 18.7. The van der Waals surface area contributed by atoms with Crippen LogP contribution in [0, 0.1) is 29.6 Å². The number of ether oxygens (including phenoxy) is 2. The van der Waals surface area contributed by atoms with E-state index in [1.165, 1.54) is 24.0 Å². The normalized spacial score (nSPS) is 37.8. The predicted octanol–water partition coefficient (Wildman–Crippen LogP) is 4.91. The summed E-state index contributed by atoms with van der Waals surface area (Å²) in [5, 5.41) is 10.7. The second-order valence-electron chi connectivity index (χ2n) is 9.94. The van der Waals surface area contributed by atoms with Crippen molar-refractivity contribution in [3.63, 3.8) is 0 Å². The van der Waals surface area contributed by atoms with E-state index in [9.17, 15) is 5.11 Å². The Morgan fingerprint density at radius 2 is 1.92 bits per heavy atom. The predicted molar refractivity (Wildman–Crippen MR) is 104 cm³/mol. The van der Waals surface area contributed by atoms with Crippen molar-refractivity contribution >= 4 is 0 Å². The second-order valence-corrected chi connectivity index (χ2v) is 9.94. The zero-order valence-electron chi connectivity index (χ0n) is 17.0. The molecule has 2 aliphatic carbocycles. The van der Waals surface area contributed by atoms with Crippen LogP contribution in [0.5, 0.6) is 11.5 Å². The molecule has 0 bridgehead atoms. The lowest BCUT2D eigenvalue weighted by atomic mass is 9.44. The maximum atomic E-state index is 10.7. The van der Waals surface area contributed by atoms with Gasteiger partial charge in [0, 0.05) is 23.5 Å². The maximum Gasteiger partial charge on any atom is 0.127 e. The summed E-state index contributed by atoms with van der Waals surface area (Å²) < 4.78 is 12.4. The molecule has 1 aliphatic heterocycles. The van der Waals surface area contributed by atoms with Crippen LogP contribution in [0.4, 0.5) is 0 Å². The van der Waals surface area contributed by atoms with Crippen LogP contribution in [0.1, 0.15) is 64.0 Å². The van der Waals surface area contributed by atoms with Gasteiger partial charge in [-0.2, -0.15) is 0 Å². The maximum absolute atomic E-state index is 10.7. The molecule has 0 radical (unpaired) electrons. The third-order valence-electron chi connectivity index (χ3n) is 8.04. The van der Waals surface area contributed by atoms with E-state index in [0.29, 0.717) is 17.3 Å². The first kappa shape index (κ1) is 18.2. The zero-order valence-corrected chi connectivity index (χ0v) is 17.0. The Hall–Kier alpha value is -1.22. The van der Waals surface area contributed by atoms with E-state index in [-0.39, 0.29) is 17.6 Å². The van der Waals surface area contributed by atoms with Gasteiger partial charge in [-0.05, 0) is 75.0 Å². The Morgan fingerprint density at radius 3 is 2.62 bits per heavy atom. The van der Waals surface area contributed by atoms with Gasteiger partial charge in [-0.25, -0.2) is 0 Å². The number of fused-ring (bicyclic) bond motifs is 4. The van der Waals surface area contributed by atoms with Crippen molar-refractivity contribution in [2.45, 2.75) is 71.8 Å². The fraction of sp³-hybridized carbons (Fsp3) is 0.739. The van der Waals surface area contributed by atoms with E-state index in [1.807, 2.05) is 0 Å². The van der Waals surface area contributed by atoms with E-state index >= 15 is 0 Å². The summed E-state index contributed by atoms with van der Waals surface area (Å²) >= 11 is 0. The van der Waals surface area contributed by atoms with E-state index in [4.69, 9.17) is 9.47 Å². The SMILES string of the molecule is COc1cc(C)cc2c1C[C@@H]1[C@]3(CO)CCCC(C)(C)[C@@H]3CC[C@]1(C)O2. The van der Waals surface area contributed by atoms with Crippen LogP contribution in [0.25, 0.3) is 0 Å². The summed E-state index contributed by atoms with van der Waals surface area (Å²) in [6, 6.07) is 4.27. The van der Waals surface area contributed by atoms with Crippen LogP contribution in [0.2, 0.25) is 0 Å². The molecule has 0 unspecified atom stereocenters. The molecule has 26 heavy (non-hydrogen) atoms. The molecule has 1 aromatic carbocycles. The first-order chi connectivity index (χ1) is 12.3. The Morgan fingerprint density at radius 1 is 1.15 bits per heavy atom. The number of hydrogen-bond donors (Lipinski definition) is 1. The van der Waals surface area contributed by atoms with Crippen molar-refractivity contribution in [1.29, 1.82) is 0 Å². The van der Waals surface area contributed by atoms with Crippen LogP contribution in [0.3, 0.4) is 0 Å². The highest BCUT2D eigenvalue weighted by molar-refractivity contribution is 5.50. The highest BCUT2D eigenvalue weighted by Gasteiger charge is 2.62. The molecular formula is C23H34O3. The third kappa shape index (κ3) is 2.42. The molecule has 144 valence electrons. The largest absolute Gasteiger partial charge is 0.496 e. The topological polar surface area (TPSA) is 38.7 Å². The summed E-state index contributed by atoms with van der Waals surface area (Å²) in [5.74, 6) is 2.82. The number of benzene rings is 1. The second kappa shape index (κ2) is 5.89. The van der Waals surface area contributed by atoms with Gasteiger partial charge in [-0.15, -0.1) is 0 Å². The number of aliphatic hydroxyl groups is 1. The molecule has 0 spiro atoms. The summed E-state index contributed by atoms with van der Waals surface area (Å²) in [4.78, 5) is 0. The highest BCUT2D eigenvalue weighted by Crippen LogP contribution is 2.65. The number of hydrogen-bond acceptors (Lipinski definition) is 3. The Kier molecular flexibility index (Phi) is 4.11. The summed E-state index contributed by atoms with van der Waals surface area (Å²) in [7, 11) is 1.75. The fourth-order valence-electron chi connectivity index (χ4n) is 6.83. The van der Waals surface area contributed by atoms with E-state index in [2.05, 4.69) is 39.8 Å². The lowest BCUT2D eigenvalue weighted by Gasteiger charge is -2.63. The number of aliphatic hydroxyl groups excluding tert-OH is 1. The highest BCUT2D eigenvalue weighted by atomic mass is 16.5. The van der Waals surface area contributed by atoms with Gasteiger partial charge < -0.3 is 14.6 Å². The molecule has 2 fully saturated rings. The van der Waals surface area contributed by atoms with Crippen molar-refractivity contribution in [1.82, 2.24) is 0 Å². The number of rotatable bonds is 2. The monoisotopic (exact) mass is 358 g/mol. The standard InChI is InChI=1S/C23H34O3/c1-15-11-17(25-5)16-13-20-22(4,26-18(16)12-15)10-7-19-21(2,3)8-6-9-23(19,20)14-24/h11-12,19-20,24H,6-10,13-14H2,1-5H3/t19-,20-,22-,23-/m0/s1. The van der Waals surface area contributed by atoms with Crippen molar-refractivity contribution < 1.29 is 14.6 Å². The summed E-state index contributed by atoms with van der Waals surface area (Å²) in [5.41, 5.74) is 2.42. The first-order valence-corrected chi connectivity index (χ1v) is 10.2. The van der Waals surface area contributed by atoms with Gasteiger partial charge in [-0.1, -0.05) is 20.3 Å². The Balaban J connectivity index is 1.83. The lowest BCUT2D eigenvalue weighted by molar-refractivity contribution is -0.187. The van der Waals surface area contributed by atoms with E-state index in [1.54, 1.807) is 7.11 Å². The molecule has 1 N–H and O–H groups in total. The lowest BCUT2D eigenvalue weighted by Crippen LogP contribution is -2.63. The van der Waals surface area contributed by atoms with Crippen molar-refractivity contribution in [2.24, 2.45) is 22.7 Å². The Labute approximate surface area is 158 Å². The van der Waals surface area contributed by atoms with Crippen LogP contribution < -0.4 is 9.47 Å². The van der Waals surface area contributed by atoms with Gasteiger partial charge in [-0.3, -0.25) is 0 Å². The minimum absolute atomic E-state index is 0.0393. The van der Waals surface area contributed by atoms with Gasteiger partial charge in [0.2, 0.25) is 0 Å². The van der Waals surface area contributed by atoms with E-state index in [0.717, 1.165) is 37.2 Å². The van der Waals surface area contributed by atoms with Crippen LogP contribution >= 0.6 is 0 Å². The molecule has 0 amide bonds. The van der Waals surface area contributed by atoms with Gasteiger partial charge >= 0.3 is 0 Å². The average molecular weight is 359 g/mol. The Bertz CT molecular complexity index is 710. The molecule has 1 aromatic rings. The van der Waals surface area contributed by atoms with Gasteiger partial charge in [0.15, 0.2) is 0 Å². The van der Waals surface area contributed by atoms with Crippen LogP contribution in [0.15, 0.2) is 12.1 Å². The number of methoxy groups -OCH3 is 1. The smallest absolute Gasteiger partial charge is 0.127 e. The minimum atomic E-state index is -0.196. The molecule has 4 rings (SSSR count). The number of aryl methyl sites for hydroxylation is 1. The summed E-state index contributed by atoms with van der Waals surface area (Å²) in [6.07, 6.45) is 6.76. The third-order valence-corrected chi connectivity index (χ3v) is 8.04. The van der Waals surface area contributed by atoms with Gasteiger partial charge in [0.25, 0.3) is 0 Å². The van der Waals surface area contributed by atoms with Gasteiger partial charge in [0.1, 0.15) is 17.1 Å². The van der Waals surface area contributed by atoms with Crippen molar-refractivity contribution in [2.75, 3.05) is 13.7 Å². The summed E-state index contributed by atoms with van der Waals surface area (Å²) in [6.45, 7) is 9.46. The fourth-order valence-corrected chi connectivity index (χ4v) is 6.83. The molecule has 3 aliphatic rings. The molecule has 0 saturated heterocycles. The first-order valence-electron chi connectivity index (χ1n) is 10.2.